The summed E-state index contributed by atoms with van der Waals surface area (Å²) in [7, 11) is 1.57. The van der Waals surface area contributed by atoms with Gasteiger partial charge in [-0.15, -0.1) is 0 Å². The Bertz CT molecular complexity index is 1160. The molecule has 0 saturated heterocycles. The zero-order valence-corrected chi connectivity index (χ0v) is 17.1. The summed E-state index contributed by atoms with van der Waals surface area (Å²) in [6.45, 7) is 0. The van der Waals surface area contributed by atoms with Gasteiger partial charge in [-0.3, -0.25) is 9.69 Å². The molecule has 1 heterocycles. The van der Waals surface area contributed by atoms with Gasteiger partial charge in [0.15, 0.2) is 5.84 Å². The zero-order chi connectivity index (χ0) is 20.4. The topological polar surface area (TPSA) is 41.9 Å². The number of carbonyl (C=O) groups excluding carboxylic acids is 1. The molecular formula is C23H16BrFN2O2. The maximum Gasteiger partial charge on any atom is 0.282 e. The van der Waals surface area contributed by atoms with Gasteiger partial charge in [-0.1, -0.05) is 52.3 Å². The molecule has 6 heteroatoms. The minimum Gasteiger partial charge on any atom is -0.496 e. The molecule has 3 aromatic carbocycles. The molecule has 0 saturated carbocycles. The van der Waals surface area contributed by atoms with Crippen molar-refractivity contribution in [2.75, 3.05) is 12.0 Å². The second-order valence-electron chi connectivity index (χ2n) is 6.31. The van der Waals surface area contributed by atoms with Gasteiger partial charge in [0.2, 0.25) is 0 Å². The Balaban J connectivity index is 1.88. The van der Waals surface area contributed by atoms with Gasteiger partial charge >= 0.3 is 0 Å². The van der Waals surface area contributed by atoms with Gasteiger partial charge in [-0.05, 0) is 42.5 Å². The summed E-state index contributed by atoms with van der Waals surface area (Å²) in [5.74, 6) is 0.0774. The Kier molecular flexibility index (Phi) is 5.27. The lowest BCUT2D eigenvalue weighted by molar-refractivity contribution is -0.113. The molecule has 0 atom stereocenters. The maximum absolute atomic E-state index is 14.5. The number of anilines is 1. The molecule has 0 spiro atoms. The summed E-state index contributed by atoms with van der Waals surface area (Å²) in [6.07, 6.45) is 1.65. The predicted molar refractivity (Wildman–Crippen MR) is 116 cm³/mol. The predicted octanol–water partition coefficient (Wildman–Crippen LogP) is 5.43. The number of nitrogens with zero attached hydrogens (tertiary/aromatic N) is 2. The first-order chi connectivity index (χ1) is 14.1. The maximum atomic E-state index is 14.5. The molecule has 29 heavy (non-hydrogen) atoms. The van der Waals surface area contributed by atoms with Crippen molar-refractivity contribution >= 4 is 39.4 Å². The van der Waals surface area contributed by atoms with Crippen molar-refractivity contribution in [3.8, 4) is 5.75 Å². The van der Waals surface area contributed by atoms with Gasteiger partial charge < -0.3 is 4.74 Å². The number of benzene rings is 3. The lowest BCUT2D eigenvalue weighted by atomic mass is 10.1. The molecule has 0 unspecified atom stereocenters. The van der Waals surface area contributed by atoms with Crippen LogP contribution in [-0.2, 0) is 4.79 Å². The van der Waals surface area contributed by atoms with Crippen LogP contribution in [0.2, 0.25) is 0 Å². The third-order valence-electron chi connectivity index (χ3n) is 4.47. The summed E-state index contributed by atoms with van der Waals surface area (Å²) >= 11 is 3.42. The lowest BCUT2D eigenvalue weighted by Crippen LogP contribution is -2.33. The van der Waals surface area contributed by atoms with Crippen LogP contribution >= 0.6 is 15.9 Å². The normalized spacial score (nSPS) is 15.0. The first kappa shape index (κ1) is 19.1. The van der Waals surface area contributed by atoms with Crippen LogP contribution in [0.5, 0.6) is 5.75 Å². The number of rotatable bonds is 4. The first-order valence-corrected chi connectivity index (χ1v) is 9.66. The first-order valence-electron chi connectivity index (χ1n) is 8.87. The molecule has 1 amide bonds. The molecule has 4 nitrogen and oxygen atoms in total. The van der Waals surface area contributed by atoms with E-state index in [0.717, 1.165) is 4.47 Å². The van der Waals surface area contributed by atoms with E-state index in [1.807, 2.05) is 30.3 Å². The van der Waals surface area contributed by atoms with Crippen molar-refractivity contribution in [3.63, 3.8) is 0 Å². The number of methoxy groups -OCH3 is 1. The van der Waals surface area contributed by atoms with Gasteiger partial charge in [-0.2, -0.15) is 0 Å². The van der Waals surface area contributed by atoms with E-state index in [2.05, 4.69) is 20.9 Å². The fraction of sp³-hybridized carbons (Fsp3) is 0.0435. The fourth-order valence-corrected chi connectivity index (χ4v) is 3.51. The number of halogens is 2. The number of ether oxygens (including phenoxy) is 1. The molecule has 0 aromatic heterocycles. The highest BCUT2D eigenvalue weighted by atomic mass is 79.9. The van der Waals surface area contributed by atoms with E-state index in [9.17, 15) is 9.18 Å². The number of amidine groups is 1. The second kappa shape index (κ2) is 8.01. The van der Waals surface area contributed by atoms with Gasteiger partial charge in [0, 0.05) is 10.0 Å². The SMILES string of the molecule is COc1ccccc1/C=C1/N=C(c2ccccc2F)N(c2cccc(Br)c2)C1=O. The molecule has 1 aliphatic rings. The molecule has 3 aromatic rings. The molecule has 0 radical (unpaired) electrons. The standard InChI is InChI=1S/C23H16BrFN2O2/c1-29-21-12-5-2-7-15(21)13-20-23(28)27(17-9-6-8-16(24)14-17)22(26-20)18-10-3-4-11-19(18)25/h2-14H,1H3/b20-13+. The second-order valence-corrected chi connectivity index (χ2v) is 7.22. The van der Waals surface area contributed by atoms with E-state index >= 15 is 0 Å². The van der Waals surface area contributed by atoms with Crippen LogP contribution in [0.1, 0.15) is 11.1 Å². The molecule has 0 N–H and O–H groups in total. The lowest BCUT2D eigenvalue weighted by Gasteiger charge is -2.19. The Morgan fingerprint density at radius 2 is 1.79 bits per heavy atom. The summed E-state index contributed by atoms with van der Waals surface area (Å²) in [6, 6.07) is 20.9. The van der Waals surface area contributed by atoms with E-state index < -0.39 is 5.82 Å². The number of aliphatic imine (C=N–C) groups is 1. The largest absolute Gasteiger partial charge is 0.496 e. The Hall–Kier alpha value is -3.25. The highest BCUT2D eigenvalue weighted by molar-refractivity contribution is 9.10. The monoisotopic (exact) mass is 450 g/mol. The van der Waals surface area contributed by atoms with E-state index in [-0.39, 0.29) is 23.0 Å². The average molecular weight is 451 g/mol. The minimum atomic E-state index is -0.447. The molecule has 4 rings (SSSR count). The van der Waals surface area contributed by atoms with Crippen LogP contribution in [0.4, 0.5) is 10.1 Å². The van der Waals surface area contributed by atoms with E-state index in [1.165, 1.54) is 11.0 Å². The number of amides is 1. The van der Waals surface area contributed by atoms with Gasteiger partial charge in [0.25, 0.3) is 5.91 Å². The van der Waals surface area contributed by atoms with Crippen molar-refractivity contribution in [2.45, 2.75) is 0 Å². The van der Waals surface area contributed by atoms with Gasteiger partial charge in [-0.25, -0.2) is 9.38 Å². The van der Waals surface area contributed by atoms with Crippen molar-refractivity contribution in [1.82, 2.24) is 0 Å². The van der Waals surface area contributed by atoms with Crippen LogP contribution in [0.15, 0.2) is 88.0 Å². The van der Waals surface area contributed by atoms with Crippen LogP contribution in [0.3, 0.4) is 0 Å². The van der Waals surface area contributed by atoms with Gasteiger partial charge in [0.1, 0.15) is 17.3 Å². The Labute approximate surface area is 176 Å². The molecule has 1 aliphatic heterocycles. The quantitative estimate of drug-likeness (QED) is 0.497. The van der Waals surface area contributed by atoms with Crippen molar-refractivity contribution < 1.29 is 13.9 Å². The molecule has 0 aliphatic carbocycles. The van der Waals surface area contributed by atoms with Crippen molar-refractivity contribution in [3.05, 3.63) is 99.9 Å². The third-order valence-corrected chi connectivity index (χ3v) is 4.97. The van der Waals surface area contributed by atoms with Gasteiger partial charge in [0.05, 0.1) is 18.4 Å². The van der Waals surface area contributed by atoms with Crippen molar-refractivity contribution in [1.29, 1.82) is 0 Å². The number of hydrogen-bond acceptors (Lipinski definition) is 3. The number of hydrogen-bond donors (Lipinski definition) is 0. The minimum absolute atomic E-state index is 0.202. The molecule has 0 fully saturated rings. The summed E-state index contributed by atoms with van der Waals surface area (Å²) in [5.41, 5.74) is 1.76. The average Bonchev–Trinajstić information content (AvgIpc) is 3.04. The van der Waals surface area contributed by atoms with Crippen LogP contribution < -0.4 is 9.64 Å². The summed E-state index contributed by atoms with van der Waals surface area (Å²) in [4.78, 5) is 19.2. The fourth-order valence-electron chi connectivity index (χ4n) is 3.13. The highest BCUT2D eigenvalue weighted by Crippen LogP contribution is 2.31. The Morgan fingerprint density at radius 1 is 1.03 bits per heavy atom. The zero-order valence-electron chi connectivity index (χ0n) is 15.5. The van der Waals surface area contributed by atoms with E-state index in [4.69, 9.17) is 4.74 Å². The number of carbonyl (C=O) groups is 1. The van der Waals surface area contributed by atoms with E-state index in [1.54, 1.807) is 49.6 Å². The highest BCUT2D eigenvalue weighted by Gasteiger charge is 2.34. The third kappa shape index (κ3) is 3.71. The van der Waals surface area contributed by atoms with Crippen LogP contribution in [0, 0.1) is 5.82 Å². The van der Waals surface area contributed by atoms with E-state index in [0.29, 0.717) is 17.0 Å². The molecule has 0 bridgehead atoms. The molecule has 144 valence electrons. The molecular weight excluding hydrogens is 435 g/mol. The summed E-state index contributed by atoms with van der Waals surface area (Å²) in [5, 5.41) is 0. The smallest absolute Gasteiger partial charge is 0.282 e. The van der Waals surface area contributed by atoms with Crippen LogP contribution in [-0.4, -0.2) is 18.9 Å². The number of para-hydroxylation sites is 1. The van der Waals surface area contributed by atoms with Crippen LogP contribution in [0.25, 0.3) is 6.08 Å². The Morgan fingerprint density at radius 3 is 2.55 bits per heavy atom. The van der Waals surface area contributed by atoms with Crippen molar-refractivity contribution in [2.24, 2.45) is 4.99 Å². The summed E-state index contributed by atoms with van der Waals surface area (Å²) < 4.78 is 20.7.